The van der Waals surface area contributed by atoms with Crippen LogP contribution >= 0.6 is 0 Å². The van der Waals surface area contributed by atoms with E-state index in [1.165, 1.54) is 5.56 Å². The third-order valence-corrected chi connectivity index (χ3v) is 4.04. The second kappa shape index (κ2) is 9.53. The van der Waals surface area contributed by atoms with Crippen molar-refractivity contribution in [2.24, 2.45) is 0 Å². The predicted octanol–water partition coefficient (Wildman–Crippen LogP) is 2.87. The van der Waals surface area contributed by atoms with Gasteiger partial charge in [0.1, 0.15) is 0 Å². The lowest BCUT2D eigenvalue weighted by Crippen LogP contribution is -2.37. The van der Waals surface area contributed by atoms with Crippen LogP contribution in [0.5, 0.6) is 0 Å². The highest BCUT2D eigenvalue weighted by Gasteiger charge is 2.17. The first-order valence-electron chi connectivity index (χ1n) is 7.81. The molecule has 0 amide bonds. The first kappa shape index (κ1) is 17.7. The van der Waals surface area contributed by atoms with Crippen molar-refractivity contribution >= 4 is 5.97 Å². The number of rotatable bonds is 10. The number of likely N-dealkylation sites (N-methyl/N-ethyl adjacent to an activating group) is 1. The molecule has 4 nitrogen and oxygen atoms in total. The number of benzene rings is 1. The molecule has 1 aromatic rings. The van der Waals surface area contributed by atoms with E-state index in [0.29, 0.717) is 6.54 Å². The molecule has 0 radical (unpaired) electrons. The number of hydrogen-bond acceptors (Lipinski definition) is 3. The summed E-state index contributed by atoms with van der Waals surface area (Å²) in [4.78, 5) is 15.5. The van der Waals surface area contributed by atoms with Crippen molar-refractivity contribution in [1.82, 2.24) is 9.80 Å². The summed E-state index contributed by atoms with van der Waals surface area (Å²) in [6, 6.07) is 10.5. The molecule has 0 aliphatic carbocycles. The summed E-state index contributed by atoms with van der Waals surface area (Å²) in [5.41, 5.74) is 1.24. The Hall–Kier alpha value is -1.39. The maximum absolute atomic E-state index is 10.9. The summed E-state index contributed by atoms with van der Waals surface area (Å²) in [6.07, 6.45) is 0.190. The number of carboxylic acid groups (broad SMARTS) is 1. The molecule has 0 spiro atoms. The van der Waals surface area contributed by atoms with E-state index in [0.717, 1.165) is 26.2 Å². The molecular formula is C17H28N2O2. The standard InChI is InChI=1S/C17H28N2O2/c1-4-18(5-2)13-14-19(12-11-17(20)21)15(3)16-9-7-6-8-10-16/h6-10,15H,4-5,11-14H2,1-3H3,(H,20,21). The lowest BCUT2D eigenvalue weighted by molar-refractivity contribution is -0.137. The zero-order valence-electron chi connectivity index (χ0n) is 13.5. The first-order chi connectivity index (χ1) is 10.1. The highest BCUT2D eigenvalue weighted by Crippen LogP contribution is 2.19. The predicted molar refractivity (Wildman–Crippen MR) is 86.5 cm³/mol. The highest BCUT2D eigenvalue weighted by atomic mass is 16.4. The fourth-order valence-electron chi connectivity index (χ4n) is 2.49. The minimum absolute atomic E-state index is 0.190. The monoisotopic (exact) mass is 292 g/mol. The van der Waals surface area contributed by atoms with E-state index in [-0.39, 0.29) is 12.5 Å². The second-order valence-corrected chi connectivity index (χ2v) is 5.29. The van der Waals surface area contributed by atoms with Gasteiger partial charge in [0.25, 0.3) is 0 Å². The van der Waals surface area contributed by atoms with Crippen LogP contribution in [0.15, 0.2) is 30.3 Å². The van der Waals surface area contributed by atoms with Gasteiger partial charge in [-0.2, -0.15) is 0 Å². The molecule has 1 N–H and O–H groups in total. The van der Waals surface area contributed by atoms with E-state index < -0.39 is 5.97 Å². The number of carbonyl (C=O) groups is 1. The molecule has 1 atom stereocenters. The summed E-state index contributed by atoms with van der Waals surface area (Å²) >= 11 is 0. The average Bonchev–Trinajstić information content (AvgIpc) is 2.51. The Bertz CT molecular complexity index is 405. The summed E-state index contributed by atoms with van der Waals surface area (Å²) < 4.78 is 0. The Kier molecular flexibility index (Phi) is 8.01. The molecule has 0 aromatic heterocycles. The Labute approximate surface area is 128 Å². The second-order valence-electron chi connectivity index (χ2n) is 5.29. The number of hydrogen-bond donors (Lipinski definition) is 1. The third-order valence-electron chi connectivity index (χ3n) is 4.04. The van der Waals surface area contributed by atoms with E-state index >= 15 is 0 Å². The van der Waals surface area contributed by atoms with E-state index in [4.69, 9.17) is 5.11 Å². The van der Waals surface area contributed by atoms with Crippen LogP contribution < -0.4 is 0 Å². The van der Waals surface area contributed by atoms with Crippen LogP contribution in [0.25, 0.3) is 0 Å². The van der Waals surface area contributed by atoms with Gasteiger partial charge < -0.3 is 10.0 Å². The van der Waals surface area contributed by atoms with Gasteiger partial charge in [-0.15, -0.1) is 0 Å². The molecule has 1 unspecified atom stereocenters. The van der Waals surface area contributed by atoms with Crippen molar-refractivity contribution in [2.75, 3.05) is 32.7 Å². The number of carboxylic acids is 1. The zero-order valence-corrected chi connectivity index (χ0v) is 13.5. The molecule has 1 aromatic carbocycles. The highest BCUT2D eigenvalue weighted by molar-refractivity contribution is 5.66. The molecule has 4 heteroatoms. The normalized spacial score (nSPS) is 12.8. The quantitative estimate of drug-likeness (QED) is 0.720. The van der Waals surface area contributed by atoms with Gasteiger partial charge in [0.15, 0.2) is 0 Å². The Morgan fingerprint density at radius 3 is 2.24 bits per heavy atom. The van der Waals surface area contributed by atoms with Gasteiger partial charge >= 0.3 is 5.97 Å². The van der Waals surface area contributed by atoms with Crippen molar-refractivity contribution in [2.45, 2.75) is 33.2 Å². The molecule has 0 saturated carbocycles. The van der Waals surface area contributed by atoms with Crippen LogP contribution in [0.2, 0.25) is 0 Å². The lowest BCUT2D eigenvalue weighted by Gasteiger charge is -2.31. The van der Waals surface area contributed by atoms with Crippen molar-refractivity contribution < 1.29 is 9.90 Å². The first-order valence-corrected chi connectivity index (χ1v) is 7.81. The fraction of sp³-hybridized carbons (Fsp3) is 0.588. The maximum Gasteiger partial charge on any atom is 0.304 e. The van der Waals surface area contributed by atoms with Crippen LogP contribution in [0, 0.1) is 0 Å². The van der Waals surface area contributed by atoms with Crippen LogP contribution in [0.1, 0.15) is 38.8 Å². The van der Waals surface area contributed by atoms with E-state index in [2.05, 4.69) is 42.7 Å². The SMILES string of the molecule is CCN(CC)CCN(CCC(=O)O)C(C)c1ccccc1. The molecular weight excluding hydrogens is 264 g/mol. The van der Waals surface area contributed by atoms with Crippen LogP contribution in [-0.4, -0.2) is 53.6 Å². The third kappa shape index (κ3) is 6.27. The van der Waals surface area contributed by atoms with E-state index in [1.807, 2.05) is 18.2 Å². The molecule has 0 aliphatic rings. The molecule has 118 valence electrons. The average molecular weight is 292 g/mol. The van der Waals surface area contributed by atoms with Crippen LogP contribution in [0.4, 0.5) is 0 Å². The molecule has 1 rings (SSSR count). The van der Waals surface area contributed by atoms with Crippen molar-refractivity contribution in [3.63, 3.8) is 0 Å². The summed E-state index contributed by atoms with van der Waals surface area (Å²) in [5.74, 6) is -0.733. The minimum atomic E-state index is -0.733. The smallest absolute Gasteiger partial charge is 0.304 e. The van der Waals surface area contributed by atoms with Crippen LogP contribution in [-0.2, 0) is 4.79 Å². The molecule has 0 heterocycles. The fourth-order valence-corrected chi connectivity index (χ4v) is 2.49. The van der Waals surface area contributed by atoms with Crippen molar-refractivity contribution in [3.8, 4) is 0 Å². The van der Waals surface area contributed by atoms with Gasteiger partial charge in [0.05, 0.1) is 6.42 Å². The summed E-state index contributed by atoms with van der Waals surface area (Å²) in [6.45, 7) is 11.0. The Morgan fingerprint density at radius 2 is 1.71 bits per heavy atom. The molecule has 0 bridgehead atoms. The largest absolute Gasteiger partial charge is 0.481 e. The van der Waals surface area contributed by atoms with Crippen molar-refractivity contribution in [1.29, 1.82) is 0 Å². The molecule has 21 heavy (non-hydrogen) atoms. The van der Waals surface area contributed by atoms with Gasteiger partial charge in [-0.3, -0.25) is 9.69 Å². The molecule has 0 fully saturated rings. The van der Waals surface area contributed by atoms with Crippen LogP contribution in [0.3, 0.4) is 0 Å². The lowest BCUT2D eigenvalue weighted by atomic mass is 10.1. The van der Waals surface area contributed by atoms with Gasteiger partial charge in [-0.25, -0.2) is 0 Å². The Morgan fingerprint density at radius 1 is 1.10 bits per heavy atom. The number of nitrogens with zero attached hydrogens (tertiary/aromatic N) is 2. The number of aliphatic carboxylic acids is 1. The summed E-state index contributed by atoms with van der Waals surface area (Å²) in [7, 11) is 0. The van der Waals surface area contributed by atoms with Gasteiger partial charge in [-0.05, 0) is 25.6 Å². The van der Waals surface area contributed by atoms with Gasteiger partial charge in [-0.1, -0.05) is 44.2 Å². The van der Waals surface area contributed by atoms with Crippen molar-refractivity contribution in [3.05, 3.63) is 35.9 Å². The molecule has 0 saturated heterocycles. The van der Waals surface area contributed by atoms with Gasteiger partial charge in [0, 0.05) is 25.7 Å². The molecule has 0 aliphatic heterocycles. The van der Waals surface area contributed by atoms with E-state index in [9.17, 15) is 4.79 Å². The van der Waals surface area contributed by atoms with E-state index in [1.54, 1.807) is 0 Å². The zero-order chi connectivity index (χ0) is 15.7. The van der Waals surface area contributed by atoms with Gasteiger partial charge in [0.2, 0.25) is 0 Å². The maximum atomic E-state index is 10.9. The summed E-state index contributed by atoms with van der Waals surface area (Å²) in [5, 5.41) is 8.95. The minimum Gasteiger partial charge on any atom is -0.481 e. The Balaban J connectivity index is 2.69. The topological polar surface area (TPSA) is 43.8 Å².